The molecule has 0 spiro atoms. The number of sulfone groups is 1. The lowest BCUT2D eigenvalue weighted by Gasteiger charge is -2.23. The molecule has 0 unspecified atom stereocenters. The van der Waals surface area contributed by atoms with Crippen molar-refractivity contribution in [1.82, 2.24) is 0 Å². The molecule has 0 heterocycles. The number of halogens is 1. The van der Waals surface area contributed by atoms with Crippen molar-refractivity contribution >= 4 is 31.5 Å². The molecule has 0 aliphatic carbocycles. The Labute approximate surface area is 105 Å². The minimum Gasteiger partial charge on any atom is -0.383 e. The summed E-state index contributed by atoms with van der Waals surface area (Å²) in [6.45, 7) is 3.83. The summed E-state index contributed by atoms with van der Waals surface area (Å²) in [6, 6.07) is 7.64. The highest BCUT2D eigenvalue weighted by atomic mass is 79.9. The number of hydrogen-bond donors (Lipinski definition) is 1. The summed E-state index contributed by atoms with van der Waals surface area (Å²) < 4.78 is 23.2. The Bertz CT molecular complexity index is 451. The molecule has 0 aliphatic heterocycles. The molecule has 0 aromatic heterocycles. The molecule has 90 valence electrons. The normalized spacial score (nSPS) is 12.5. The summed E-state index contributed by atoms with van der Waals surface area (Å²) >= 11 is 3.34. The van der Waals surface area contributed by atoms with Gasteiger partial charge in [0.15, 0.2) is 9.84 Å². The van der Waals surface area contributed by atoms with Crippen LogP contribution in [0, 0.1) is 0 Å². The van der Waals surface area contributed by atoms with Gasteiger partial charge in [0.05, 0.1) is 4.75 Å². The summed E-state index contributed by atoms with van der Waals surface area (Å²) in [6.07, 6.45) is 1.26. The van der Waals surface area contributed by atoms with Crippen molar-refractivity contribution < 1.29 is 8.42 Å². The van der Waals surface area contributed by atoms with E-state index >= 15 is 0 Å². The Hall–Kier alpha value is -0.550. The highest BCUT2D eigenvalue weighted by molar-refractivity contribution is 9.10. The smallest absolute Gasteiger partial charge is 0.154 e. The van der Waals surface area contributed by atoms with Crippen LogP contribution in [-0.2, 0) is 9.84 Å². The lowest BCUT2D eigenvalue weighted by atomic mass is 10.2. The van der Waals surface area contributed by atoms with E-state index in [9.17, 15) is 8.42 Å². The van der Waals surface area contributed by atoms with Gasteiger partial charge in [0.2, 0.25) is 0 Å². The second-order valence-corrected chi connectivity index (χ2v) is 7.96. The molecule has 16 heavy (non-hydrogen) atoms. The van der Waals surface area contributed by atoms with E-state index in [0.29, 0.717) is 6.54 Å². The van der Waals surface area contributed by atoms with Gasteiger partial charge in [-0.3, -0.25) is 0 Å². The zero-order valence-corrected chi connectivity index (χ0v) is 12.0. The van der Waals surface area contributed by atoms with Gasteiger partial charge < -0.3 is 5.32 Å². The maximum absolute atomic E-state index is 11.5. The summed E-state index contributed by atoms with van der Waals surface area (Å²) in [5, 5.41) is 3.12. The van der Waals surface area contributed by atoms with Gasteiger partial charge in [0.25, 0.3) is 0 Å². The maximum atomic E-state index is 11.5. The highest BCUT2D eigenvalue weighted by Crippen LogP contribution is 2.18. The minimum atomic E-state index is -3.05. The van der Waals surface area contributed by atoms with Crippen molar-refractivity contribution in [3.8, 4) is 0 Å². The van der Waals surface area contributed by atoms with E-state index < -0.39 is 14.6 Å². The molecular formula is C11H16BrNO2S. The van der Waals surface area contributed by atoms with E-state index in [1.807, 2.05) is 24.3 Å². The van der Waals surface area contributed by atoms with Gasteiger partial charge in [0.1, 0.15) is 0 Å². The molecule has 1 aromatic rings. The fraction of sp³-hybridized carbons (Fsp3) is 0.455. The Morgan fingerprint density at radius 3 is 2.19 bits per heavy atom. The van der Waals surface area contributed by atoms with Crippen LogP contribution in [0.4, 0.5) is 5.69 Å². The molecule has 0 atom stereocenters. The third kappa shape index (κ3) is 3.49. The van der Waals surface area contributed by atoms with E-state index in [2.05, 4.69) is 21.2 Å². The van der Waals surface area contributed by atoms with Crippen LogP contribution < -0.4 is 5.32 Å². The number of hydrogen-bond acceptors (Lipinski definition) is 3. The monoisotopic (exact) mass is 305 g/mol. The van der Waals surface area contributed by atoms with E-state index in [1.54, 1.807) is 13.8 Å². The molecule has 1 N–H and O–H groups in total. The van der Waals surface area contributed by atoms with Crippen molar-refractivity contribution in [2.75, 3.05) is 18.1 Å². The Balaban J connectivity index is 2.68. The zero-order valence-electron chi connectivity index (χ0n) is 9.62. The topological polar surface area (TPSA) is 46.2 Å². The van der Waals surface area contributed by atoms with Crippen LogP contribution in [0.1, 0.15) is 13.8 Å². The van der Waals surface area contributed by atoms with E-state index in [4.69, 9.17) is 0 Å². The van der Waals surface area contributed by atoms with Crippen LogP contribution >= 0.6 is 15.9 Å². The lowest BCUT2D eigenvalue weighted by molar-refractivity contribution is 0.560. The Morgan fingerprint density at radius 1 is 1.25 bits per heavy atom. The van der Waals surface area contributed by atoms with Gasteiger partial charge in [-0.25, -0.2) is 8.42 Å². The third-order valence-corrected chi connectivity index (χ3v) is 5.25. The molecule has 5 heteroatoms. The fourth-order valence-corrected chi connectivity index (χ4v) is 1.61. The van der Waals surface area contributed by atoms with Crippen molar-refractivity contribution in [2.24, 2.45) is 0 Å². The quantitative estimate of drug-likeness (QED) is 0.930. The molecule has 0 radical (unpaired) electrons. The molecule has 3 nitrogen and oxygen atoms in total. The summed E-state index contributed by atoms with van der Waals surface area (Å²) in [4.78, 5) is 0. The molecule has 0 saturated heterocycles. The first-order valence-electron chi connectivity index (χ1n) is 4.91. The summed E-state index contributed by atoms with van der Waals surface area (Å²) in [7, 11) is -3.05. The first-order valence-corrected chi connectivity index (χ1v) is 7.60. The standard InChI is InChI=1S/C11H16BrNO2S/c1-11(2,16(3,14)15)8-13-10-6-4-9(12)5-7-10/h4-7,13H,8H2,1-3H3. The van der Waals surface area contributed by atoms with Crippen LogP contribution in [0.5, 0.6) is 0 Å². The van der Waals surface area contributed by atoms with Gasteiger partial charge in [-0.05, 0) is 38.1 Å². The van der Waals surface area contributed by atoms with Gasteiger partial charge in [-0.2, -0.15) is 0 Å². The number of anilines is 1. The first-order chi connectivity index (χ1) is 7.22. The molecule has 0 bridgehead atoms. The van der Waals surface area contributed by atoms with Gasteiger partial charge in [-0.1, -0.05) is 15.9 Å². The predicted octanol–water partition coefficient (Wildman–Crippen LogP) is 2.68. The van der Waals surface area contributed by atoms with Crippen LogP contribution in [0.25, 0.3) is 0 Å². The van der Waals surface area contributed by atoms with Crippen LogP contribution in [0.15, 0.2) is 28.7 Å². The maximum Gasteiger partial charge on any atom is 0.154 e. The third-order valence-electron chi connectivity index (χ3n) is 2.57. The van der Waals surface area contributed by atoms with E-state index in [1.165, 1.54) is 6.26 Å². The SMILES string of the molecule is CC(C)(CNc1ccc(Br)cc1)S(C)(=O)=O. The second kappa shape index (κ2) is 4.75. The number of nitrogens with one attached hydrogen (secondary N) is 1. The molecule has 0 amide bonds. The molecule has 1 aromatic carbocycles. The van der Waals surface area contributed by atoms with Crippen LogP contribution in [-0.4, -0.2) is 26.0 Å². The molecule has 0 fully saturated rings. The lowest BCUT2D eigenvalue weighted by Crippen LogP contribution is -2.38. The van der Waals surface area contributed by atoms with Crippen molar-refractivity contribution in [3.05, 3.63) is 28.7 Å². The van der Waals surface area contributed by atoms with Crippen LogP contribution in [0.2, 0.25) is 0 Å². The van der Waals surface area contributed by atoms with E-state index in [-0.39, 0.29) is 0 Å². The second-order valence-electron chi connectivity index (χ2n) is 4.39. The van der Waals surface area contributed by atoms with Crippen molar-refractivity contribution in [3.63, 3.8) is 0 Å². The zero-order chi connectivity index (χ0) is 12.4. The molecule has 1 rings (SSSR count). The molecular weight excluding hydrogens is 290 g/mol. The molecule has 0 saturated carbocycles. The summed E-state index contributed by atoms with van der Waals surface area (Å²) in [5.74, 6) is 0. The average molecular weight is 306 g/mol. The molecule has 0 aliphatic rings. The number of benzene rings is 1. The highest BCUT2D eigenvalue weighted by Gasteiger charge is 2.29. The van der Waals surface area contributed by atoms with Gasteiger partial charge in [0, 0.05) is 23.0 Å². The average Bonchev–Trinajstić information content (AvgIpc) is 2.15. The Morgan fingerprint density at radius 2 is 1.75 bits per heavy atom. The fourth-order valence-electron chi connectivity index (χ4n) is 1.01. The first kappa shape index (κ1) is 13.5. The van der Waals surface area contributed by atoms with Crippen LogP contribution in [0.3, 0.4) is 0 Å². The van der Waals surface area contributed by atoms with Gasteiger partial charge in [-0.15, -0.1) is 0 Å². The van der Waals surface area contributed by atoms with E-state index in [0.717, 1.165) is 10.2 Å². The minimum absolute atomic E-state index is 0.396. The number of rotatable bonds is 4. The largest absolute Gasteiger partial charge is 0.383 e. The van der Waals surface area contributed by atoms with Gasteiger partial charge >= 0.3 is 0 Å². The predicted molar refractivity (Wildman–Crippen MR) is 71.6 cm³/mol. The van der Waals surface area contributed by atoms with Crippen molar-refractivity contribution in [2.45, 2.75) is 18.6 Å². The summed E-state index contributed by atoms with van der Waals surface area (Å²) in [5.41, 5.74) is 0.917. The Kier molecular flexibility index (Phi) is 4.02. The van der Waals surface area contributed by atoms with Crippen molar-refractivity contribution in [1.29, 1.82) is 0 Å².